The van der Waals surface area contributed by atoms with Crippen LogP contribution in [0.4, 0.5) is 10.8 Å². The van der Waals surface area contributed by atoms with Gasteiger partial charge in [-0.3, -0.25) is 4.79 Å². The van der Waals surface area contributed by atoms with E-state index < -0.39 is 0 Å². The number of hydrogen-bond acceptors (Lipinski definition) is 8. The zero-order valence-electron chi connectivity index (χ0n) is 14.9. The number of ether oxygens (including phenoxy) is 2. The van der Waals surface area contributed by atoms with Gasteiger partial charge in [0.25, 0.3) is 0 Å². The number of carbonyl (C=O) groups is 1. The molecule has 0 unspecified atom stereocenters. The third-order valence-electron chi connectivity index (χ3n) is 3.85. The number of benzene rings is 2. The number of aromatic nitrogens is 2. The SMILES string of the molecule is O=C(CSc1nnc(NCc2ccccc2)s1)Nc1ccc2c(c1)OCCO2. The second-order valence-corrected chi connectivity index (χ2v) is 8.11. The third-order valence-corrected chi connectivity index (χ3v) is 5.86. The standard InChI is InChI=1S/C19H18N4O3S2/c24-17(21-14-6-7-15-16(10-14)26-9-8-25-15)12-27-19-23-22-18(28-19)20-11-13-4-2-1-3-5-13/h1-7,10H,8-9,11-12H2,(H,20,22)(H,21,24). The fraction of sp³-hybridized carbons (Fsp3) is 0.211. The van der Waals surface area contributed by atoms with Crippen LogP contribution in [0.5, 0.6) is 11.5 Å². The first-order valence-corrected chi connectivity index (χ1v) is 10.5. The van der Waals surface area contributed by atoms with Gasteiger partial charge in [0.05, 0.1) is 5.75 Å². The average molecular weight is 415 g/mol. The Labute approximate surface area is 170 Å². The van der Waals surface area contributed by atoms with Crippen LogP contribution in [0.2, 0.25) is 0 Å². The molecule has 2 N–H and O–H groups in total. The topological polar surface area (TPSA) is 85.4 Å². The zero-order chi connectivity index (χ0) is 19.2. The van der Waals surface area contributed by atoms with Crippen LogP contribution >= 0.6 is 23.1 Å². The van der Waals surface area contributed by atoms with Gasteiger partial charge in [-0.15, -0.1) is 10.2 Å². The largest absolute Gasteiger partial charge is 0.486 e. The molecule has 1 aromatic heterocycles. The van der Waals surface area contributed by atoms with Crippen molar-refractivity contribution < 1.29 is 14.3 Å². The monoisotopic (exact) mass is 414 g/mol. The van der Waals surface area contributed by atoms with Gasteiger partial charge in [0.15, 0.2) is 15.8 Å². The van der Waals surface area contributed by atoms with E-state index in [1.807, 2.05) is 30.3 Å². The molecule has 0 atom stereocenters. The van der Waals surface area contributed by atoms with E-state index in [1.165, 1.54) is 28.7 Å². The fourth-order valence-corrected chi connectivity index (χ4v) is 4.11. The maximum absolute atomic E-state index is 12.2. The van der Waals surface area contributed by atoms with Crippen LogP contribution in [0.25, 0.3) is 0 Å². The molecular formula is C19H18N4O3S2. The minimum Gasteiger partial charge on any atom is -0.486 e. The Morgan fingerprint density at radius 2 is 1.89 bits per heavy atom. The molecule has 0 bridgehead atoms. The summed E-state index contributed by atoms with van der Waals surface area (Å²) >= 11 is 2.79. The highest BCUT2D eigenvalue weighted by Crippen LogP contribution is 2.33. The maximum atomic E-state index is 12.2. The highest BCUT2D eigenvalue weighted by molar-refractivity contribution is 8.01. The number of hydrogen-bond donors (Lipinski definition) is 2. The molecule has 1 aliphatic rings. The van der Waals surface area contributed by atoms with E-state index in [1.54, 1.807) is 18.2 Å². The number of nitrogens with zero attached hydrogens (tertiary/aromatic N) is 2. The molecule has 4 rings (SSSR count). The Balaban J connectivity index is 1.25. The number of fused-ring (bicyclic) bond motifs is 1. The summed E-state index contributed by atoms with van der Waals surface area (Å²) in [4.78, 5) is 12.2. The van der Waals surface area contributed by atoms with Gasteiger partial charge in [-0.05, 0) is 17.7 Å². The van der Waals surface area contributed by atoms with Crippen molar-refractivity contribution in [3.05, 3.63) is 54.1 Å². The molecular weight excluding hydrogens is 396 g/mol. The third kappa shape index (κ3) is 4.93. The molecule has 7 nitrogen and oxygen atoms in total. The molecule has 1 aliphatic heterocycles. The molecule has 9 heteroatoms. The van der Waals surface area contributed by atoms with E-state index in [0.717, 1.165) is 9.47 Å². The van der Waals surface area contributed by atoms with Gasteiger partial charge in [0.2, 0.25) is 11.0 Å². The van der Waals surface area contributed by atoms with E-state index >= 15 is 0 Å². The van der Waals surface area contributed by atoms with Gasteiger partial charge >= 0.3 is 0 Å². The molecule has 0 aliphatic carbocycles. The van der Waals surface area contributed by atoms with Gasteiger partial charge in [-0.25, -0.2) is 0 Å². The lowest BCUT2D eigenvalue weighted by atomic mass is 10.2. The molecule has 0 saturated heterocycles. The summed E-state index contributed by atoms with van der Waals surface area (Å²) in [7, 11) is 0. The second-order valence-electron chi connectivity index (χ2n) is 5.91. The van der Waals surface area contributed by atoms with E-state index in [4.69, 9.17) is 9.47 Å². The van der Waals surface area contributed by atoms with Crippen molar-refractivity contribution in [2.75, 3.05) is 29.6 Å². The Hall–Kier alpha value is -2.78. The van der Waals surface area contributed by atoms with Crippen molar-refractivity contribution in [2.45, 2.75) is 10.9 Å². The first-order valence-electron chi connectivity index (χ1n) is 8.70. The summed E-state index contributed by atoms with van der Waals surface area (Å²) < 4.78 is 11.7. The van der Waals surface area contributed by atoms with Crippen molar-refractivity contribution in [3.63, 3.8) is 0 Å². The number of rotatable bonds is 7. The minimum atomic E-state index is -0.115. The predicted molar refractivity (Wildman–Crippen MR) is 110 cm³/mol. The van der Waals surface area contributed by atoms with Crippen LogP contribution in [-0.4, -0.2) is 35.1 Å². The molecule has 0 radical (unpaired) electrons. The fourth-order valence-electron chi connectivity index (χ4n) is 2.56. The number of anilines is 2. The van der Waals surface area contributed by atoms with Crippen molar-refractivity contribution in [3.8, 4) is 11.5 Å². The van der Waals surface area contributed by atoms with E-state index in [9.17, 15) is 4.79 Å². The summed E-state index contributed by atoms with van der Waals surface area (Å²) in [6.07, 6.45) is 0. The van der Waals surface area contributed by atoms with Crippen LogP contribution in [0, 0.1) is 0 Å². The predicted octanol–water partition coefficient (Wildman–Crippen LogP) is 3.65. The summed E-state index contributed by atoms with van der Waals surface area (Å²) in [5, 5.41) is 15.1. The lowest BCUT2D eigenvalue weighted by molar-refractivity contribution is -0.113. The van der Waals surface area contributed by atoms with Gasteiger partial charge in [0.1, 0.15) is 13.2 Å². The Morgan fingerprint density at radius 3 is 2.75 bits per heavy atom. The smallest absolute Gasteiger partial charge is 0.234 e. The molecule has 0 saturated carbocycles. The molecule has 3 aromatic rings. The average Bonchev–Trinajstić information content (AvgIpc) is 3.19. The minimum absolute atomic E-state index is 0.115. The summed E-state index contributed by atoms with van der Waals surface area (Å²) in [5.74, 6) is 1.48. The molecule has 28 heavy (non-hydrogen) atoms. The van der Waals surface area contributed by atoms with Gasteiger partial charge < -0.3 is 20.1 Å². The molecule has 0 spiro atoms. The van der Waals surface area contributed by atoms with Crippen molar-refractivity contribution >= 4 is 39.8 Å². The zero-order valence-corrected chi connectivity index (χ0v) is 16.5. The van der Waals surface area contributed by atoms with Crippen LogP contribution < -0.4 is 20.1 Å². The molecule has 0 fully saturated rings. The van der Waals surface area contributed by atoms with Crippen LogP contribution in [0.3, 0.4) is 0 Å². The highest BCUT2D eigenvalue weighted by atomic mass is 32.2. The lowest BCUT2D eigenvalue weighted by Gasteiger charge is -2.18. The number of thioether (sulfide) groups is 1. The first kappa shape index (κ1) is 18.6. The van der Waals surface area contributed by atoms with Crippen LogP contribution in [0.1, 0.15) is 5.56 Å². The van der Waals surface area contributed by atoms with E-state index in [-0.39, 0.29) is 11.7 Å². The number of nitrogens with one attached hydrogen (secondary N) is 2. The van der Waals surface area contributed by atoms with Crippen LogP contribution in [-0.2, 0) is 11.3 Å². The molecule has 1 amide bonds. The van der Waals surface area contributed by atoms with Gasteiger partial charge in [0, 0.05) is 18.3 Å². The van der Waals surface area contributed by atoms with Crippen LogP contribution in [0.15, 0.2) is 52.9 Å². The van der Waals surface area contributed by atoms with Crippen molar-refractivity contribution in [1.29, 1.82) is 0 Å². The van der Waals surface area contributed by atoms with Crippen molar-refractivity contribution in [1.82, 2.24) is 10.2 Å². The van der Waals surface area contributed by atoms with E-state index in [0.29, 0.717) is 36.9 Å². The maximum Gasteiger partial charge on any atom is 0.234 e. The Morgan fingerprint density at radius 1 is 1.07 bits per heavy atom. The molecule has 2 aromatic carbocycles. The highest BCUT2D eigenvalue weighted by Gasteiger charge is 2.13. The molecule has 2 heterocycles. The lowest BCUT2D eigenvalue weighted by Crippen LogP contribution is -2.17. The second kappa shape index (κ2) is 8.94. The summed E-state index contributed by atoms with van der Waals surface area (Å²) in [5.41, 5.74) is 1.85. The first-order chi connectivity index (χ1) is 13.8. The number of carbonyl (C=O) groups excluding carboxylic acids is 1. The normalized spacial score (nSPS) is 12.4. The number of amides is 1. The summed E-state index contributed by atoms with van der Waals surface area (Å²) in [6, 6.07) is 15.4. The summed E-state index contributed by atoms with van der Waals surface area (Å²) in [6.45, 7) is 1.74. The van der Waals surface area contributed by atoms with E-state index in [2.05, 4.69) is 20.8 Å². The Kier molecular flexibility index (Phi) is 5.93. The van der Waals surface area contributed by atoms with Gasteiger partial charge in [-0.1, -0.05) is 53.4 Å². The molecule has 144 valence electrons. The van der Waals surface area contributed by atoms with Crippen molar-refractivity contribution in [2.24, 2.45) is 0 Å². The quantitative estimate of drug-likeness (QED) is 0.571. The Bertz CT molecular complexity index is 949. The van der Waals surface area contributed by atoms with Gasteiger partial charge in [-0.2, -0.15) is 0 Å².